The molecule has 3 atom stereocenters. The molecule has 0 bridgehead atoms. The lowest BCUT2D eigenvalue weighted by atomic mass is 9.77. The highest BCUT2D eigenvalue weighted by atomic mass is 32.1. The van der Waals surface area contributed by atoms with Gasteiger partial charge in [-0.2, -0.15) is 15.4 Å². The maximum absolute atomic E-state index is 14.1. The number of phenols is 2. The predicted molar refractivity (Wildman–Crippen MR) is 235 cm³/mol. The number of anilines is 1. The molecule has 0 aliphatic carbocycles. The molecule has 6 aromatic rings. The van der Waals surface area contributed by atoms with Crippen LogP contribution in [0.15, 0.2) is 102 Å². The molecule has 1 saturated heterocycles. The number of H-pyrrole nitrogens is 1. The van der Waals surface area contributed by atoms with Gasteiger partial charge in [-0.25, -0.2) is 9.59 Å². The summed E-state index contributed by atoms with van der Waals surface area (Å²) in [6.07, 6.45) is 3.31. The van der Waals surface area contributed by atoms with E-state index in [1.807, 2.05) is 0 Å². The van der Waals surface area contributed by atoms with Crippen molar-refractivity contribution in [3.63, 3.8) is 0 Å². The van der Waals surface area contributed by atoms with Crippen molar-refractivity contribution < 1.29 is 53.3 Å². The summed E-state index contributed by atoms with van der Waals surface area (Å²) in [7, 11) is 0. The van der Waals surface area contributed by atoms with Crippen molar-refractivity contribution in [2.45, 2.75) is 49.4 Å². The minimum absolute atomic E-state index is 0.00689. The Bertz CT molecular complexity index is 2840. The zero-order valence-corrected chi connectivity index (χ0v) is 35.3. The van der Waals surface area contributed by atoms with E-state index in [0.717, 1.165) is 0 Å². The fourth-order valence-corrected chi connectivity index (χ4v) is 8.71. The molecule has 0 saturated carbocycles. The number of carbonyl (C=O) groups is 5. The molecule has 3 amide bonds. The van der Waals surface area contributed by atoms with Gasteiger partial charge in [-0.15, -0.1) is 0 Å². The minimum Gasteiger partial charge on any atom is -0.508 e. The van der Waals surface area contributed by atoms with E-state index in [-0.39, 0.29) is 70.1 Å². The molecule has 21 heteroatoms. The van der Waals surface area contributed by atoms with Crippen LogP contribution >= 0.6 is 12.2 Å². The largest absolute Gasteiger partial charge is 0.508 e. The Morgan fingerprint density at radius 2 is 1.65 bits per heavy atom. The lowest BCUT2D eigenvalue weighted by molar-refractivity contribution is -0.142. The predicted octanol–water partition coefficient (Wildman–Crippen LogP) is 4.18. The quantitative estimate of drug-likeness (QED) is 0.0458. The van der Waals surface area contributed by atoms with E-state index < -0.39 is 53.4 Å². The number of phenolic OH excluding ortho intramolecular Hbond substituents is 2. The minimum atomic E-state index is -1.42. The van der Waals surface area contributed by atoms with Crippen LogP contribution in [0.25, 0.3) is 11.3 Å². The Hall–Kier alpha value is -8.33. The van der Waals surface area contributed by atoms with E-state index >= 15 is 0 Å². The molecular formula is C45H39N9O11S. The van der Waals surface area contributed by atoms with Crippen molar-refractivity contribution in [3.8, 4) is 34.3 Å². The van der Waals surface area contributed by atoms with E-state index in [1.54, 1.807) is 60.7 Å². The first-order valence-electron chi connectivity index (χ1n) is 20.7. The molecule has 4 aromatic carbocycles. The number of carboxylic acid groups (broad SMARTS) is 1. The average Bonchev–Trinajstić information content (AvgIpc) is 4.14. The third-order valence-corrected chi connectivity index (χ3v) is 11.8. The summed E-state index contributed by atoms with van der Waals surface area (Å²) in [5, 5.41) is 55.9. The highest BCUT2D eigenvalue weighted by molar-refractivity contribution is 7.80. The number of nitrogens with zero attached hydrogens (tertiary/aromatic N) is 4. The number of carbonyl (C=O) groups excluding carboxylic acids is 4. The van der Waals surface area contributed by atoms with Gasteiger partial charge in [-0.1, -0.05) is 41.6 Å². The highest BCUT2D eigenvalue weighted by Gasteiger charge is 2.54. The van der Waals surface area contributed by atoms with Gasteiger partial charge in [-0.05, 0) is 74.3 Å². The number of aromatic hydroxyl groups is 2. The monoisotopic (exact) mass is 913 g/mol. The van der Waals surface area contributed by atoms with Crippen LogP contribution in [0.1, 0.15) is 73.6 Å². The molecule has 5 heterocycles. The molecule has 336 valence electrons. The number of aliphatic carboxylic acids is 1. The lowest BCUT2D eigenvalue weighted by Gasteiger charge is -2.36. The van der Waals surface area contributed by atoms with Crippen LogP contribution in [-0.4, -0.2) is 107 Å². The number of amides is 3. The number of benzene rings is 4. The molecule has 3 aliphatic rings. The van der Waals surface area contributed by atoms with Gasteiger partial charge in [-0.3, -0.25) is 14.4 Å². The fourth-order valence-electron chi connectivity index (χ4n) is 8.49. The van der Waals surface area contributed by atoms with Crippen LogP contribution in [0.5, 0.6) is 23.0 Å². The number of carboxylic acids is 1. The van der Waals surface area contributed by atoms with Gasteiger partial charge >= 0.3 is 11.9 Å². The lowest BCUT2D eigenvalue weighted by Crippen LogP contribution is -2.50. The zero-order chi connectivity index (χ0) is 46.1. The van der Waals surface area contributed by atoms with Crippen LogP contribution in [0.3, 0.4) is 0 Å². The van der Waals surface area contributed by atoms with Crippen LogP contribution < -0.4 is 26.0 Å². The van der Waals surface area contributed by atoms with Crippen LogP contribution in [-0.2, 0) is 19.9 Å². The molecule has 66 heavy (non-hydrogen) atoms. The number of likely N-dealkylation sites (tertiary alicyclic amines) is 1. The number of esters is 1. The summed E-state index contributed by atoms with van der Waals surface area (Å²) in [6.45, 7) is 0.250. The Morgan fingerprint density at radius 1 is 0.924 bits per heavy atom. The van der Waals surface area contributed by atoms with Gasteiger partial charge in [0, 0.05) is 59.2 Å². The zero-order valence-electron chi connectivity index (χ0n) is 34.5. The molecular weight excluding hydrogens is 875 g/mol. The van der Waals surface area contributed by atoms with E-state index in [4.69, 9.17) is 26.2 Å². The van der Waals surface area contributed by atoms with Crippen molar-refractivity contribution in [3.05, 3.63) is 131 Å². The van der Waals surface area contributed by atoms with Gasteiger partial charge in [0.15, 0.2) is 22.2 Å². The molecule has 9 rings (SSSR count). The molecule has 8 N–H and O–H groups in total. The molecule has 2 aromatic heterocycles. The van der Waals surface area contributed by atoms with Crippen molar-refractivity contribution in [1.82, 2.24) is 41.4 Å². The molecule has 0 radical (unpaired) electrons. The SMILES string of the molecule is O=C(N[C@@H]1C[C@@H](C(=O)N[C@@H](CCCCNC(=S)Nc2ccc3c(c2)C(=O)OC32c3ccc(O)cc3Oc3cc(O)ccc32)C(=O)O)N(C(=O)c2cnoc2-c2ccccc2)C1)c1cn[nH]n1. The normalized spacial score (nSPS) is 16.8. The summed E-state index contributed by atoms with van der Waals surface area (Å²) in [6, 6.07) is 19.7. The van der Waals surface area contributed by atoms with Crippen molar-refractivity contribution in [1.29, 1.82) is 0 Å². The number of hydrogen-bond acceptors (Lipinski definition) is 14. The maximum Gasteiger partial charge on any atom is 0.340 e. The number of nitrogens with one attached hydrogen (secondary N) is 5. The maximum atomic E-state index is 14.1. The third-order valence-electron chi connectivity index (χ3n) is 11.5. The van der Waals surface area contributed by atoms with E-state index in [1.165, 1.54) is 41.6 Å². The number of hydrogen-bond donors (Lipinski definition) is 8. The smallest absolute Gasteiger partial charge is 0.340 e. The first kappa shape index (κ1) is 42.9. The average molecular weight is 914 g/mol. The Morgan fingerprint density at radius 3 is 2.35 bits per heavy atom. The summed E-state index contributed by atoms with van der Waals surface area (Å²) in [5.41, 5.74) is 1.50. The van der Waals surface area contributed by atoms with Crippen LogP contribution in [0.2, 0.25) is 0 Å². The van der Waals surface area contributed by atoms with Gasteiger partial charge in [0.1, 0.15) is 40.6 Å². The standard InChI is InChI=1S/C45H39N9O11S/c55-26-10-13-31-36(18-26)63-37-19-27(56)11-14-32(37)45(31)30-12-9-24(16-28(30)43(62)64-45)50-44(66)46-15-5-4-8-33(42(60)61)51-40(58)35-17-25(49-39(57)34-21-47-53-52-34)22-54(35)41(59)29-20-48-65-38(29)23-6-2-1-3-7-23/h1-3,6-7,9-14,16,18-21,25,33,35,55-56H,4-5,8,15,17,22H2,(H,49,57)(H,51,58)(H,60,61)(H2,46,50,66)(H,47,52,53)/t25-,33+,35+/m1/s1. The molecule has 20 nitrogen and oxygen atoms in total. The van der Waals surface area contributed by atoms with E-state index in [2.05, 4.69) is 41.8 Å². The number of unbranched alkanes of at least 4 members (excludes halogenated alkanes) is 1. The molecule has 1 spiro atoms. The molecule has 1 fully saturated rings. The third kappa shape index (κ3) is 8.17. The summed E-state index contributed by atoms with van der Waals surface area (Å²) < 4.78 is 17.6. The molecule has 0 unspecified atom stereocenters. The first-order valence-corrected chi connectivity index (χ1v) is 21.1. The summed E-state index contributed by atoms with van der Waals surface area (Å²) in [4.78, 5) is 68.0. The van der Waals surface area contributed by atoms with E-state index in [0.29, 0.717) is 47.3 Å². The first-order chi connectivity index (χ1) is 31.9. The van der Waals surface area contributed by atoms with Crippen LogP contribution in [0, 0.1) is 0 Å². The van der Waals surface area contributed by atoms with Crippen molar-refractivity contribution in [2.24, 2.45) is 0 Å². The van der Waals surface area contributed by atoms with Gasteiger partial charge in [0.05, 0.1) is 18.0 Å². The Balaban J connectivity index is 0.818. The number of thiocarbonyl (C=S) groups is 1. The van der Waals surface area contributed by atoms with E-state index in [9.17, 15) is 39.3 Å². The number of aromatic nitrogens is 4. The molecule has 3 aliphatic heterocycles. The summed E-state index contributed by atoms with van der Waals surface area (Å²) in [5.74, 6) is -3.19. The number of rotatable bonds is 13. The highest BCUT2D eigenvalue weighted by Crippen LogP contribution is 2.57. The van der Waals surface area contributed by atoms with Gasteiger partial charge in [0.25, 0.3) is 11.8 Å². The second-order valence-electron chi connectivity index (χ2n) is 15.7. The Kier molecular flexibility index (Phi) is 11.5. The Labute approximate surface area is 379 Å². The number of ether oxygens (including phenoxy) is 2. The van der Waals surface area contributed by atoms with Gasteiger partial charge in [0.2, 0.25) is 5.91 Å². The van der Waals surface area contributed by atoms with Crippen LogP contribution in [0.4, 0.5) is 5.69 Å². The second-order valence-corrected chi connectivity index (χ2v) is 16.1. The summed E-state index contributed by atoms with van der Waals surface area (Å²) >= 11 is 5.53. The van der Waals surface area contributed by atoms with Crippen molar-refractivity contribution in [2.75, 3.05) is 18.4 Å². The van der Waals surface area contributed by atoms with Gasteiger partial charge < -0.3 is 55.5 Å². The van der Waals surface area contributed by atoms with Crippen molar-refractivity contribution >= 4 is 52.7 Å². The topological polar surface area (TPSA) is 283 Å². The second kappa shape index (κ2) is 17.7. The number of aromatic amines is 1. The fraction of sp³-hybridized carbons (Fsp3) is 0.222. The number of fused-ring (bicyclic) bond motifs is 6.